The van der Waals surface area contributed by atoms with Crippen LogP contribution in [-0.2, 0) is 14.3 Å². The summed E-state index contributed by atoms with van der Waals surface area (Å²) in [6, 6.07) is 19.6. The lowest BCUT2D eigenvalue weighted by atomic mass is 9.98. The van der Waals surface area contributed by atoms with E-state index in [-0.39, 0.29) is 18.9 Å². The number of carbonyl (C=O) groups is 3. The molecule has 0 unspecified atom stereocenters. The van der Waals surface area contributed by atoms with E-state index in [0.717, 1.165) is 28.3 Å². The Morgan fingerprint density at radius 3 is 2.22 bits per heavy atom. The lowest BCUT2D eigenvalue weighted by Crippen LogP contribution is -2.48. The van der Waals surface area contributed by atoms with E-state index in [0.29, 0.717) is 30.0 Å². The van der Waals surface area contributed by atoms with E-state index < -0.39 is 24.0 Å². The fourth-order valence-corrected chi connectivity index (χ4v) is 4.59. The van der Waals surface area contributed by atoms with Gasteiger partial charge in [-0.05, 0) is 66.3 Å². The van der Waals surface area contributed by atoms with Crippen LogP contribution in [0.5, 0.6) is 0 Å². The quantitative estimate of drug-likeness (QED) is 0.312. The number of carbonyl (C=O) groups excluding carboxylic acids is 2. The summed E-state index contributed by atoms with van der Waals surface area (Å²) >= 11 is 0. The highest BCUT2D eigenvalue weighted by molar-refractivity contribution is 6.03. The Labute approximate surface area is 215 Å². The van der Waals surface area contributed by atoms with Crippen molar-refractivity contribution in [2.75, 3.05) is 13.2 Å². The Kier molecular flexibility index (Phi) is 8.43. The van der Waals surface area contributed by atoms with E-state index in [1.54, 1.807) is 24.4 Å². The van der Waals surface area contributed by atoms with Crippen LogP contribution in [-0.4, -0.2) is 52.2 Å². The minimum atomic E-state index is -1.39. The van der Waals surface area contributed by atoms with Crippen molar-refractivity contribution in [2.45, 2.75) is 31.2 Å². The molecule has 1 aromatic heterocycles. The highest BCUT2D eigenvalue weighted by Crippen LogP contribution is 2.44. The van der Waals surface area contributed by atoms with Gasteiger partial charge in [0.15, 0.2) is 0 Å². The van der Waals surface area contributed by atoms with Gasteiger partial charge in [-0.1, -0.05) is 54.6 Å². The fourth-order valence-electron chi connectivity index (χ4n) is 4.59. The van der Waals surface area contributed by atoms with Gasteiger partial charge >= 0.3 is 12.1 Å². The Balaban J connectivity index is 1.57. The van der Waals surface area contributed by atoms with Crippen molar-refractivity contribution in [1.82, 2.24) is 9.88 Å². The van der Waals surface area contributed by atoms with Gasteiger partial charge in [-0.15, -0.1) is 0 Å². The third-order valence-corrected chi connectivity index (χ3v) is 6.38. The molecule has 0 bridgehead atoms. The summed E-state index contributed by atoms with van der Waals surface area (Å²) < 4.78 is 5.64. The Hall–Kier alpha value is -4.30. The van der Waals surface area contributed by atoms with Crippen molar-refractivity contribution >= 4 is 24.0 Å². The van der Waals surface area contributed by atoms with Crippen molar-refractivity contribution in [2.24, 2.45) is 5.73 Å². The summed E-state index contributed by atoms with van der Waals surface area (Å²) in [6.07, 6.45) is 4.23. The van der Waals surface area contributed by atoms with Gasteiger partial charge in [0, 0.05) is 18.2 Å². The summed E-state index contributed by atoms with van der Waals surface area (Å²) in [7, 11) is 0. The molecule has 3 aromatic rings. The molecule has 1 heterocycles. The molecule has 3 N–H and O–H groups in total. The molecular formula is C29H29N3O5. The molecular weight excluding hydrogens is 470 g/mol. The Morgan fingerprint density at radius 1 is 0.973 bits per heavy atom. The van der Waals surface area contributed by atoms with Crippen molar-refractivity contribution in [3.8, 4) is 11.1 Å². The molecule has 1 atom stereocenters. The van der Waals surface area contributed by atoms with E-state index >= 15 is 0 Å². The Bertz CT molecular complexity index is 1250. The molecule has 2 amide bonds. The molecule has 1 aliphatic carbocycles. The number of carboxylic acid groups (broad SMARTS) is 1. The predicted octanol–water partition coefficient (Wildman–Crippen LogP) is 4.45. The van der Waals surface area contributed by atoms with E-state index in [9.17, 15) is 19.5 Å². The summed E-state index contributed by atoms with van der Waals surface area (Å²) in [6.45, 7) is 0.348. The lowest BCUT2D eigenvalue weighted by Gasteiger charge is -2.26. The highest BCUT2D eigenvalue weighted by atomic mass is 16.6. The van der Waals surface area contributed by atoms with E-state index in [2.05, 4.69) is 4.98 Å². The van der Waals surface area contributed by atoms with Gasteiger partial charge in [0.1, 0.15) is 12.6 Å². The first-order valence-electron chi connectivity index (χ1n) is 12.2. The fraction of sp³-hybridized carbons (Fsp3) is 0.241. The number of ether oxygens (including phenoxy) is 1. The van der Waals surface area contributed by atoms with E-state index in [1.165, 1.54) is 6.08 Å². The summed E-state index contributed by atoms with van der Waals surface area (Å²) in [5, 5.41) is 9.90. The number of nitrogens with two attached hydrogens (primary N) is 1. The van der Waals surface area contributed by atoms with Crippen LogP contribution in [0.3, 0.4) is 0 Å². The van der Waals surface area contributed by atoms with Crippen LogP contribution in [0.4, 0.5) is 4.79 Å². The molecule has 8 heteroatoms. The van der Waals surface area contributed by atoms with E-state index in [1.807, 2.05) is 48.5 Å². The van der Waals surface area contributed by atoms with Crippen LogP contribution >= 0.6 is 0 Å². The number of benzene rings is 2. The SMILES string of the molecule is NCCCC[C@@H](C(=O)O)N(C(=O)C=Cc1ccccn1)C(=O)OCC1c2ccccc2-c2ccccc21. The number of nitrogens with zero attached hydrogens (tertiary/aromatic N) is 2. The second kappa shape index (κ2) is 12.1. The predicted molar refractivity (Wildman–Crippen MR) is 140 cm³/mol. The largest absolute Gasteiger partial charge is 0.480 e. The van der Waals surface area contributed by atoms with Crippen molar-refractivity contribution in [3.05, 3.63) is 95.8 Å². The minimum absolute atomic E-state index is 0.0320. The summed E-state index contributed by atoms with van der Waals surface area (Å²) in [5.74, 6) is -2.30. The standard InChI is InChI=1S/C29H29N3O5/c30-17-7-5-14-26(28(34)35)32(27(33)16-15-20-9-6-8-18-31-20)29(36)37-19-25-23-12-3-1-10-21(23)22-11-2-4-13-24(22)25/h1-4,6,8-13,15-16,18,25-26H,5,7,14,17,19,30H2,(H,34,35)/t26-/m0/s1. The molecule has 8 nitrogen and oxygen atoms in total. The zero-order valence-electron chi connectivity index (χ0n) is 20.3. The molecule has 190 valence electrons. The van der Waals surface area contributed by atoms with Crippen LogP contribution in [0.2, 0.25) is 0 Å². The molecule has 2 aromatic carbocycles. The van der Waals surface area contributed by atoms with Crippen molar-refractivity contribution < 1.29 is 24.2 Å². The third kappa shape index (κ3) is 5.92. The Morgan fingerprint density at radius 2 is 1.62 bits per heavy atom. The second-order valence-corrected chi connectivity index (χ2v) is 8.74. The smallest absolute Gasteiger partial charge is 0.417 e. The molecule has 0 fully saturated rings. The molecule has 37 heavy (non-hydrogen) atoms. The lowest BCUT2D eigenvalue weighted by molar-refractivity contribution is -0.147. The average molecular weight is 500 g/mol. The number of rotatable bonds is 10. The normalized spacial score (nSPS) is 13.1. The maximum Gasteiger partial charge on any atom is 0.417 e. The maximum atomic E-state index is 13.3. The van der Waals surface area contributed by atoms with Gasteiger partial charge in [0.2, 0.25) is 0 Å². The monoisotopic (exact) mass is 499 g/mol. The van der Waals surface area contributed by atoms with Gasteiger partial charge in [0.25, 0.3) is 5.91 Å². The number of aromatic nitrogens is 1. The first-order chi connectivity index (χ1) is 18.0. The number of carboxylic acids is 1. The molecule has 1 aliphatic rings. The molecule has 0 spiro atoms. The van der Waals surface area contributed by atoms with Crippen LogP contribution in [0.1, 0.15) is 42.0 Å². The number of aliphatic carboxylic acids is 1. The summed E-state index contributed by atoms with van der Waals surface area (Å²) in [4.78, 5) is 43.4. The second-order valence-electron chi connectivity index (χ2n) is 8.74. The molecule has 0 saturated carbocycles. The van der Waals surface area contributed by atoms with Crippen LogP contribution in [0, 0.1) is 0 Å². The van der Waals surface area contributed by atoms with Crippen LogP contribution < -0.4 is 5.73 Å². The number of pyridine rings is 1. The van der Waals surface area contributed by atoms with Gasteiger partial charge in [-0.3, -0.25) is 9.78 Å². The summed E-state index contributed by atoms with van der Waals surface area (Å²) in [5.41, 5.74) is 10.2. The minimum Gasteiger partial charge on any atom is -0.480 e. The van der Waals surface area contributed by atoms with Crippen molar-refractivity contribution in [1.29, 1.82) is 0 Å². The molecule has 0 saturated heterocycles. The van der Waals surface area contributed by atoms with Crippen molar-refractivity contribution in [3.63, 3.8) is 0 Å². The number of amides is 2. The van der Waals surface area contributed by atoms with Crippen LogP contribution in [0.15, 0.2) is 79.0 Å². The molecule has 4 rings (SSSR count). The zero-order valence-corrected chi connectivity index (χ0v) is 20.3. The van der Waals surface area contributed by atoms with Gasteiger partial charge in [0.05, 0.1) is 5.69 Å². The zero-order chi connectivity index (χ0) is 26.2. The average Bonchev–Trinajstić information content (AvgIpc) is 3.24. The van der Waals surface area contributed by atoms with Gasteiger partial charge in [-0.25, -0.2) is 14.5 Å². The molecule has 0 radical (unpaired) electrons. The first kappa shape index (κ1) is 25.8. The number of fused-ring (bicyclic) bond motifs is 3. The molecule has 0 aliphatic heterocycles. The number of unbranched alkanes of at least 4 members (excludes halogenated alkanes) is 1. The third-order valence-electron chi connectivity index (χ3n) is 6.38. The highest BCUT2D eigenvalue weighted by Gasteiger charge is 2.36. The van der Waals surface area contributed by atoms with Gasteiger partial charge < -0.3 is 15.6 Å². The topological polar surface area (TPSA) is 123 Å². The first-order valence-corrected chi connectivity index (χ1v) is 12.2. The van der Waals surface area contributed by atoms with E-state index in [4.69, 9.17) is 10.5 Å². The maximum absolute atomic E-state index is 13.3. The number of imide groups is 1. The number of hydrogen-bond acceptors (Lipinski definition) is 6. The van der Waals surface area contributed by atoms with Crippen LogP contribution in [0.25, 0.3) is 17.2 Å². The number of hydrogen-bond donors (Lipinski definition) is 2. The van der Waals surface area contributed by atoms with Gasteiger partial charge in [-0.2, -0.15) is 0 Å².